The van der Waals surface area contributed by atoms with Crippen LogP contribution in [0.4, 0.5) is 0 Å². The standard InChI is InChI=1S/C22H32O6/c1-6-15(3)21-16(4)19(12-22(24,28-21)13-20(23)26-7-2)27-14-17-8-10-18(25-5)11-9-17/h6,8-11,15-16,19,21,24H,1,7,12-14H2,2-5H3/t15-,16-,19+,21+,22+/m1/s1. The third-order valence-corrected chi connectivity index (χ3v) is 5.22. The third kappa shape index (κ3) is 5.80. The van der Waals surface area contributed by atoms with E-state index in [1.54, 1.807) is 20.1 Å². The van der Waals surface area contributed by atoms with Gasteiger partial charge in [0.05, 0.1) is 39.0 Å². The SMILES string of the molecule is C=C[C@@H](C)[C@@H]1O[C@](O)(CC(=O)OCC)C[C@H](OCc2ccc(OC)cc2)[C@H]1C. The summed E-state index contributed by atoms with van der Waals surface area (Å²) in [7, 11) is 1.63. The topological polar surface area (TPSA) is 74.2 Å². The van der Waals surface area contributed by atoms with Gasteiger partial charge in [0.15, 0.2) is 5.79 Å². The Morgan fingerprint density at radius 1 is 1.43 bits per heavy atom. The van der Waals surface area contributed by atoms with Crippen molar-refractivity contribution in [3.05, 3.63) is 42.5 Å². The molecule has 5 atom stereocenters. The molecule has 0 bridgehead atoms. The lowest BCUT2D eigenvalue weighted by Crippen LogP contribution is -2.54. The number of carbonyl (C=O) groups is 1. The summed E-state index contributed by atoms with van der Waals surface area (Å²) in [6.07, 6.45) is 1.17. The van der Waals surface area contributed by atoms with Crippen molar-refractivity contribution in [1.29, 1.82) is 0 Å². The normalized spacial score (nSPS) is 28.4. The fourth-order valence-electron chi connectivity index (χ4n) is 3.53. The molecule has 1 N–H and O–H groups in total. The summed E-state index contributed by atoms with van der Waals surface area (Å²) in [6.45, 7) is 10.2. The maximum absolute atomic E-state index is 12.0. The van der Waals surface area contributed by atoms with Gasteiger partial charge in [-0.15, -0.1) is 6.58 Å². The van der Waals surface area contributed by atoms with Gasteiger partial charge in [-0.25, -0.2) is 0 Å². The molecule has 0 aromatic heterocycles. The van der Waals surface area contributed by atoms with E-state index in [9.17, 15) is 9.90 Å². The van der Waals surface area contributed by atoms with E-state index in [1.807, 2.05) is 38.1 Å². The number of carbonyl (C=O) groups excluding carboxylic acids is 1. The number of hydrogen-bond acceptors (Lipinski definition) is 6. The number of aliphatic hydroxyl groups is 1. The molecular formula is C22H32O6. The number of benzene rings is 1. The average molecular weight is 392 g/mol. The molecule has 0 radical (unpaired) electrons. The highest BCUT2D eigenvalue weighted by atomic mass is 16.6. The Kier molecular flexibility index (Phi) is 8.04. The Morgan fingerprint density at radius 3 is 2.68 bits per heavy atom. The number of hydrogen-bond donors (Lipinski definition) is 1. The molecule has 0 spiro atoms. The summed E-state index contributed by atoms with van der Waals surface area (Å²) in [4.78, 5) is 12.0. The molecular weight excluding hydrogens is 360 g/mol. The molecule has 6 nitrogen and oxygen atoms in total. The van der Waals surface area contributed by atoms with Crippen molar-refractivity contribution in [2.45, 2.75) is 58.2 Å². The second-order valence-corrected chi connectivity index (χ2v) is 7.37. The molecule has 0 saturated carbocycles. The average Bonchev–Trinajstić information content (AvgIpc) is 2.68. The first-order valence-corrected chi connectivity index (χ1v) is 9.74. The molecule has 156 valence electrons. The first-order valence-electron chi connectivity index (χ1n) is 9.74. The molecule has 1 fully saturated rings. The summed E-state index contributed by atoms with van der Waals surface area (Å²) in [5.74, 6) is -1.30. The van der Waals surface area contributed by atoms with Crippen LogP contribution in [0.25, 0.3) is 0 Å². The number of methoxy groups -OCH3 is 1. The molecule has 2 rings (SSSR count). The van der Waals surface area contributed by atoms with Crippen molar-refractivity contribution >= 4 is 5.97 Å². The molecule has 1 aromatic rings. The molecule has 1 aliphatic heterocycles. The van der Waals surface area contributed by atoms with Gasteiger partial charge in [0.1, 0.15) is 5.75 Å². The highest BCUT2D eigenvalue weighted by molar-refractivity contribution is 5.70. The Labute approximate surface area is 167 Å². The van der Waals surface area contributed by atoms with Crippen LogP contribution in [0.15, 0.2) is 36.9 Å². The zero-order chi connectivity index (χ0) is 20.7. The molecule has 1 saturated heterocycles. The molecule has 28 heavy (non-hydrogen) atoms. The second-order valence-electron chi connectivity index (χ2n) is 7.37. The van der Waals surface area contributed by atoms with Gasteiger partial charge in [-0.1, -0.05) is 32.1 Å². The van der Waals surface area contributed by atoms with E-state index >= 15 is 0 Å². The van der Waals surface area contributed by atoms with E-state index in [0.717, 1.165) is 11.3 Å². The Balaban J connectivity index is 2.12. The van der Waals surface area contributed by atoms with Crippen LogP contribution in [0.5, 0.6) is 5.75 Å². The second kappa shape index (κ2) is 10.0. The Bertz CT molecular complexity index is 643. The third-order valence-electron chi connectivity index (χ3n) is 5.22. The number of rotatable bonds is 9. The van der Waals surface area contributed by atoms with E-state index in [1.165, 1.54) is 0 Å². The van der Waals surface area contributed by atoms with Crippen molar-refractivity contribution in [1.82, 2.24) is 0 Å². The maximum Gasteiger partial charge on any atom is 0.311 e. The van der Waals surface area contributed by atoms with Crippen LogP contribution in [0.2, 0.25) is 0 Å². The molecule has 1 aliphatic rings. The monoisotopic (exact) mass is 392 g/mol. The zero-order valence-electron chi connectivity index (χ0n) is 17.2. The summed E-state index contributed by atoms with van der Waals surface area (Å²) in [5.41, 5.74) is 1.00. The first-order chi connectivity index (χ1) is 13.3. The highest BCUT2D eigenvalue weighted by Crippen LogP contribution is 2.38. The molecule has 0 aliphatic carbocycles. The van der Waals surface area contributed by atoms with Crippen molar-refractivity contribution in [2.24, 2.45) is 11.8 Å². The van der Waals surface area contributed by atoms with Gasteiger partial charge in [0.2, 0.25) is 0 Å². The Morgan fingerprint density at radius 2 is 2.11 bits per heavy atom. The van der Waals surface area contributed by atoms with Gasteiger partial charge in [0, 0.05) is 18.3 Å². The van der Waals surface area contributed by atoms with Crippen LogP contribution >= 0.6 is 0 Å². The summed E-state index contributed by atoms with van der Waals surface area (Å²) >= 11 is 0. The van der Waals surface area contributed by atoms with E-state index in [2.05, 4.69) is 6.58 Å². The first kappa shape index (κ1) is 22.4. The van der Waals surface area contributed by atoms with E-state index < -0.39 is 11.8 Å². The fraction of sp³-hybridized carbons (Fsp3) is 0.591. The van der Waals surface area contributed by atoms with Gasteiger partial charge in [-0.3, -0.25) is 4.79 Å². The minimum Gasteiger partial charge on any atom is -0.497 e. The Hall–Kier alpha value is -1.89. The molecule has 0 unspecified atom stereocenters. The molecule has 1 aromatic carbocycles. The summed E-state index contributed by atoms with van der Waals surface area (Å²) < 4.78 is 22.3. The molecule has 1 heterocycles. The number of esters is 1. The molecule has 0 amide bonds. The molecule has 6 heteroatoms. The maximum atomic E-state index is 12.0. The van der Waals surface area contributed by atoms with Crippen molar-refractivity contribution in [2.75, 3.05) is 13.7 Å². The quantitative estimate of drug-likeness (QED) is 0.512. The van der Waals surface area contributed by atoms with Crippen LogP contribution < -0.4 is 4.74 Å². The zero-order valence-corrected chi connectivity index (χ0v) is 17.2. The van der Waals surface area contributed by atoms with Gasteiger partial charge in [-0.2, -0.15) is 0 Å². The predicted octanol–water partition coefficient (Wildman–Crippen LogP) is 3.47. The lowest BCUT2D eigenvalue weighted by Gasteiger charge is -2.46. The van der Waals surface area contributed by atoms with Gasteiger partial charge < -0.3 is 24.1 Å². The minimum atomic E-state index is -1.62. The van der Waals surface area contributed by atoms with Crippen molar-refractivity contribution in [3.8, 4) is 5.75 Å². The van der Waals surface area contributed by atoms with Crippen LogP contribution in [-0.2, 0) is 25.6 Å². The lowest BCUT2D eigenvalue weighted by atomic mass is 9.82. The largest absolute Gasteiger partial charge is 0.497 e. The highest BCUT2D eigenvalue weighted by Gasteiger charge is 2.47. The predicted molar refractivity (Wildman–Crippen MR) is 106 cm³/mol. The van der Waals surface area contributed by atoms with Crippen LogP contribution in [-0.4, -0.2) is 42.8 Å². The van der Waals surface area contributed by atoms with Gasteiger partial charge >= 0.3 is 5.97 Å². The van der Waals surface area contributed by atoms with E-state index in [0.29, 0.717) is 6.61 Å². The van der Waals surface area contributed by atoms with Crippen LogP contribution in [0.3, 0.4) is 0 Å². The lowest BCUT2D eigenvalue weighted by molar-refractivity contribution is -0.301. The number of ether oxygens (including phenoxy) is 4. The van der Waals surface area contributed by atoms with E-state index in [4.69, 9.17) is 18.9 Å². The van der Waals surface area contributed by atoms with Crippen molar-refractivity contribution < 1.29 is 28.8 Å². The minimum absolute atomic E-state index is 0.00360. The van der Waals surface area contributed by atoms with Gasteiger partial charge in [0.25, 0.3) is 0 Å². The van der Waals surface area contributed by atoms with Crippen LogP contribution in [0, 0.1) is 11.8 Å². The van der Waals surface area contributed by atoms with E-state index in [-0.39, 0.29) is 43.5 Å². The van der Waals surface area contributed by atoms with Crippen molar-refractivity contribution in [3.63, 3.8) is 0 Å². The van der Waals surface area contributed by atoms with Gasteiger partial charge in [-0.05, 0) is 24.6 Å². The summed E-state index contributed by atoms with van der Waals surface area (Å²) in [5, 5.41) is 11.0. The van der Waals surface area contributed by atoms with Crippen LogP contribution in [0.1, 0.15) is 39.2 Å². The smallest absolute Gasteiger partial charge is 0.311 e. The fourth-order valence-corrected chi connectivity index (χ4v) is 3.53. The summed E-state index contributed by atoms with van der Waals surface area (Å²) in [6, 6.07) is 7.65.